The van der Waals surface area contributed by atoms with Crippen molar-refractivity contribution in [2.75, 3.05) is 0 Å². The summed E-state index contributed by atoms with van der Waals surface area (Å²) in [6.07, 6.45) is 10.6. The largest absolute Gasteiger partial charge is 0.363 e. The number of rotatable bonds is 9. The number of nitrogens with two attached hydrogens (primary N) is 2. The fraction of sp³-hybridized carbons (Fsp3) is 0.167. The third kappa shape index (κ3) is 7.03. The van der Waals surface area contributed by atoms with Crippen LogP contribution in [0.1, 0.15) is 75.0 Å². The Morgan fingerprint density at radius 3 is 1.96 bits per heavy atom. The summed E-state index contributed by atoms with van der Waals surface area (Å²) < 4.78 is 0. The van der Waals surface area contributed by atoms with E-state index < -0.39 is 0 Å². The molecule has 0 fully saturated rings. The quantitative estimate of drug-likeness (QED) is 0.142. The van der Waals surface area contributed by atoms with Crippen molar-refractivity contribution in [2.45, 2.75) is 41.6 Å². The molecule has 0 aromatic heterocycles. The van der Waals surface area contributed by atoms with Gasteiger partial charge in [0.1, 0.15) is 5.84 Å². The topological polar surface area (TPSA) is 76.4 Å². The maximum atomic E-state index is 6.65. The van der Waals surface area contributed by atoms with Gasteiger partial charge in [0.25, 0.3) is 0 Å². The second-order valence-corrected chi connectivity index (χ2v) is 13.5. The van der Waals surface area contributed by atoms with Gasteiger partial charge in [-0.2, -0.15) is 0 Å². The van der Waals surface area contributed by atoms with Gasteiger partial charge in [-0.05, 0) is 51.8 Å². The van der Waals surface area contributed by atoms with Crippen molar-refractivity contribution in [3.63, 3.8) is 0 Å². The van der Waals surface area contributed by atoms with Crippen LogP contribution in [0.3, 0.4) is 0 Å². The van der Waals surface area contributed by atoms with Gasteiger partial charge < -0.3 is 16.8 Å². The average Bonchev–Trinajstić information content (AvgIpc) is 3.15. The standard InChI is InChI=1S/C42H40N4S/c43-40(32-18-8-3-9-19-32)47-41(44)33-26-24-31(25-27-33)38-28-39(36-22-12-10-20-34(36)29-14-4-1-5-15-29)46-42(45-38)37-23-13-11-21-35(37)30-16-6-2-7-17-30/h1-16,18-27,30,38-41H,17,28,43-44H2,(H,45,46). The molecule has 0 amide bonds. The lowest BCUT2D eigenvalue weighted by Crippen LogP contribution is -2.36. The first-order chi connectivity index (χ1) is 23.1. The van der Waals surface area contributed by atoms with Crippen LogP contribution in [0.2, 0.25) is 0 Å². The highest BCUT2D eigenvalue weighted by molar-refractivity contribution is 7.99. The third-order valence-corrected chi connectivity index (χ3v) is 10.3. The van der Waals surface area contributed by atoms with Gasteiger partial charge >= 0.3 is 0 Å². The molecule has 2 aliphatic rings. The predicted molar refractivity (Wildman–Crippen MR) is 198 cm³/mol. The molecule has 5 heteroatoms. The Kier molecular flexibility index (Phi) is 9.48. The van der Waals surface area contributed by atoms with Crippen LogP contribution in [-0.2, 0) is 0 Å². The second-order valence-electron chi connectivity index (χ2n) is 12.2. The molecule has 5 atom stereocenters. The molecule has 0 saturated carbocycles. The van der Waals surface area contributed by atoms with E-state index in [1.54, 1.807) is 11.8 Å². The molecule has 0 radical (unpaired) electrons. The summed E-state index contributed by atoms with van der Waals surface area (Å²) in [6, 6.07) is 47.0. The molecule has 5 N–H and O–H groups in total. The molecule has 1 aliphatic carbocycles. The highest BCUT2D eigenvalue weighted by atomic mass is 32.2. The molecule has 5 unspecified atom stereocenters. The number of amidine groups is 1. The Hall–Kier alpha value is -4.68. The maximum absolute atomic E-state index is 6.65. The zero-order valence-corrected chi connectivity index (χ0v) is 27.1. The predicted octanol–water partition coefficient (Wildman–Crippen LogP) is 9.52. The van der Waals surface area contributed by atoms with Crippen LogP contribution < -0.4 is 16.8 Å². The Morgan fingerprint density at radius 2 is 1.26 bits per heavy atom. The second kappa shape index (κ2) is 14.4. The summed E-state index contributed by atoms with van der Waals surface area (Å²) in [7, 11) is 0. The summed E-state index contributed by atoms with van der Waals surface area (Å²) in [5.41, 5.74) is 22.6. The summed E-state index contributed by atoms with van der Waals surface area (Å²) in [5, 5.41) is 3.49. The van der Waals surface area contributed by atoms with Gasteiger partial charge in [-0.25, -0.2) is 0 Å². The van der Waals surface area contributed by atoms with Gasteiger partial charge in [0.2, 0.25) is 0 Å². The van der Waals surface area contributed by atoms with E-state index >= 15 is 0 Å². The van der Waals surface area contributed by atoms with E-state index in [1.807, 2.05) is 30.3 Å². The van der Waals surface area contributed by atoms with Crippen LogP contribution >= 0.6 is 11.8 Å². The number of thioether (sulfide) groups is 1. The van der Waals surface area contributed by atoms with E-state index in [2.05, 4.69) is 133 Å². The number of hydrogen-bond acceptors (Lipinski definition) is 5. The van der Waals surface area contributed by atoms with Crippen LogP contribution in [-0.4, -0.2) is 5.84 Å². The van der Waals surface area contributed by atoms with Crippen LogP contribution in [0, 0.1) is 0 Å². The molecule has 1 aliphatic heterocycles. The minimum absolute atomic E-state index is 0.0283. The summed E-state index contributed by atoms with van der Waals surface area (Å²) in [6.45, 7) is 0. The van der Waals surface area contributed by atoms with Gasteiger partial charge in [-0.3, -0.25) is 4.99 Å². The van der Waals surface area contributed by atoms with Crippen LogP contribution in [0.5, 0.6) is 0 Å². The van der Waals surface area contributed by atoms with E-state index in [4.69, 9.17) is 16.5 Å². The van der Waals surface area contributed by atoms with Crippen LogP contribution in [0.25, 0.3) is 11.1 Å². The number of benzene rings is 5. The molecule has 234 valence electrons. The zero-order valence-electron chi connectivity index (χ0n) is 26.3. The lowest BCUT2D eigenvalue weighted by molar-refractivity contribution is 0.491. The first-order valence-electron chi connectivity index (χ1n) is 16.4. The maximum Gasteiger partial charge on any atom is 0.129 e. The molecule has 1 heterocycles. The Morgan fingerprint density at radius 1 is 0.638 bits per heavy atom. The van der Waals surface area contributed by atoms with Crippen LogP contribution in [0.15, 0.2) is 163 Å². The monoisotopic (exact) mass is 632 g/mol. The smallest absolute Gasteiger partial charge is 0.129 e. The Labute approximate surface area is 282 Å². The van der Waals surface area contributed by atoms with Gasteiger partial charge in [-0.15, -0.1) is 11.8 Å². The van der Waals surface area contributed by atoms with Crippen molar-refractivity contribution in [1.29, 1.82) is 0 Å². The molecular weight excluding hydrogens is 593 g/mol. The third-order valence-electron chi connectivity index (χ3n) is 9.14. The van der Waals surface area contributed by atoms with Crippen molar-refractivity contribution >= 4 is 17.6 Å². The molecule has 0 bridgehead atoms. The van der Waals surface area contributed by atoms with Gasteiger partial charge in [-0.1, -0.05) is 158 Å². The van der Waals surface area contributed by atoms with Crippen LogP contribution in [0.4, 0.5) is 0 Å². The number of allylic oxidation sites excluding steroid dienone is 4. The summed E-state index contributed by atoms with van der Waals surface area (Å²) >= 11 is 1.56. The van der Waals surface area contributed by atoms with E-state index in [1.165, 1.54) is 27.8 Å². The van der Waals surface area contributed by atoms with E-state index in [0.29, 0.717) is 5.92 Å². The molecular formula is C42H40N4S. The number of aliphatic imine (C=N–C) groups is 1. The fourth-order valence-electron chi connectivity index (χ4n) is 6.65. The molecule has 0 saturated heterocycles. The average molecular weight is 633 g/mol. The Bertz CT molecular complexity index is 1880. The van der Waals surface area contributed by atoms with Gasteiger partial charge in [0.15, 0.2) is 0 Å². The van der Waals surface area contributed by atoms with E-state index in [0.717, 1.165) is 35.4 Å². The van der Waals surface area contributed by atoms with Crippen molar-refractivity contribution in [2.24, 2.45) is 16.5 Å². The first-order valence-corrected chi connectivity index (χ1v) is 17.3. The molecule has 7 rings (SSSR count). The molecule has 5 aromatic carbocycles. The van der Waals surface area contributed by atoms with Crippen molar-refractivity contribution in [3.05, 3.63) is 191 Å². The highest BCUT2D eigenvalue weighted by Gasteiger charge is 2.29. The van der Waals surface area contributed by atoms with Gasteiger partial charge in [0, 0.05) is 11.5 Å². The first kappa shape index (κ1) is 30.9. The van der Waals surface area contributed by atoms with E-state index in [-0.39, 0.29) is 22.8 Å². The minimum atomic E-state index is -0.235. The minimum Gasteiger partial charge on any atom is -0.363 e. The van der Waals surface area contributed by atoms with Gasteiger partial charge in [0.05, 0.1) is 22.8 Å². The Balaban J connectivity index is 1.22. The number of hydrogen-bond donors (Lipinski definition) is 3. The normalized spacial score (nSPS) is 20.2. The highest BCUT2D eigenvalue weighted by Crippen LogP contribution is 2.40. The lowest BCUT2D eigenvalue weighted by atomic mass is 9.86. The fourth-order valence-corrected chi connectivity index (χ4v) is 7.59. The molecule has 0 spiro atoms. The summed E-state index contributed by atoms with van der Waals surface area (Å²) in [5.74, 6) is 1.26. The molecule has 47 heavy (non-hydrogen) atoms. The van der Waals surface area contributed by atoms with Crippen molar-refractivity contribution < 1.29 is 0 Å². The number of nitrogens with one attached hydrogen (secondary N) is 1. The van der Waals surface area contributed by atoms with E-state index in [9.17, 15) is 0 Å². The zero-order chi connectivity index (χ0) is 32.0. The molecule has 5 aromatic rings. The number of nitrogens with zero attached hydrogens (tertiary/aromatic N) is 1. The lowest BCUT2D eigenvalue weighted by Gasteiger charge is -2.33. The summed E-state index contributed by atoms with van der Waals surface area (Å²) in [4.78, 5) is 5.43. The van der Waals surface area contributed by atoms with Crippen molar-refractivity contribution in [3.8, 4) is 11.1 Å². The SMILES string of the molecule is NC(SC(N)c1ccc(C2CC(c3ccccc3-c3ccccc3)NC(c3ccccc3C3C=CC=CC3)=N2)cc1)c1ccccc1. The van der Waals surface area contributed by atoms with Crippen molar-refractivity contribution in [1.82, 2.24) is 5.32 Å². The molecule has 4 nitrogen and oxygen atoms in total.